The topological polar surface area (TPSA) is 20.3 Å². The van der Waals surface area contributed by atoms with Gasteiger partial charge in [0.2, 0.25) is 0 Å². The molecule has 2 nitrogen and oxygen atoms in total. The Bertz CT molecular complexity index is 466. The highest BCUT2D eigenvalue weighted by Gasteiger charge is 2.36. The zero-order chi connectivity index (χ0) is 14.8. The van der Waals surface area contributed by atoms with Crippen molar-refractivity contribution in [2.45, 2.75) is 38.9 Å². The van der Waals surface area contributed by atoms with E-state index in [0.29, 0.717) is 12.7 Å². The summed E-state index contributed by atoms with van der Waals surface area (Å²) in [6, 6.07) is 3.65. The molecule has 0 spiro atoms. The van der Waals surface area contributed by atoms with Gasteiger partial charge in [0.05, 0.1) is 5.56 Å². The van der Waals surface area contributed by atoms with Crippen molar-refractivity contribution in [2.24, 2.45) is 0 Å². The van der Waals surface area contributed by atoms with Crippen LogP contribution in [0.4, 0.5) is 18.9 Å². The molecule has 0 atom stereocenters. The zero-order valence-corrected chi connectivity index (χ0v) is 11.5. The quantitative estimate of drug-likeness (QED) is 0.768. The molecule has 1 aromatic rings. The average Bonchev–Trinajstić information content (AvgIpc) is 2.36. The molecule has 106 valence electrons. The molecular formula is C14H18F3NO. The third kappa shape index (κ3) is 3.28. The van der Waals surface area contributed by atoms with Gasteiger partial charge in [-0.1, -0.05) is 6.92 Å². The van der Waals surface area contributed by atoms with Gasteiger partial charge in [-0.2, -0.15) is 13.2 Å². The molecule has 0 aliphatic rings. The molecule has 0 amide bonds. The molecule has 0 aliphatic heterocycles. The van der Waals surface area contributed by atoms with Crippen molar-refractivity contribution < 1.29 is 18.0 Å². The van der Waals surface area contributed by atoms with Crippen LogP contribution < -0.4 is 4.90 Å². The number of carbonyl (C=O) groups is 1. The van der Waals surface area contributed by atoms with E-state index in [1.165, 1.54) is 12.1 Å². The summed E-state index contributed by atoms with van der Waals surface area (Å²) in [5.41, 5.74) is -1.06. The van der Waals surface area contributed by atoms with Crippen LogP contribution in [0.15, 0.2) is 18.2 Å². The van der Waals surface area contributed by atoms with Gasteiger partial charge in [-0.05, 0) is 38.5 Å². The number of hydrogen-bond acceptors (Lipinski definition) is 2. The number of hydrogen-bond donors (Lipinski definition) is 0. The summed E-state index contributed by atoms with van der Waals surface area (Å²) in [7, 11) is 1.63. The molecule has 0 saturated heterocycles. The van der Waals surface area contributed by atoms with Gasteiger partial charge in [-0.3, -0.25) is 4.79 Å². The van der Waals surface area contributed by atoms with Crippen LogP contribution in [0.2, 0.25) is 0 Å². The highest BCUT2D eigenvalue weighted by atomic mass is 19.4. The first-order valence-electron chi connectivity index (χ1n) is 6.03. The lowest BCUT2D eigenvalue weighted by Gasteiger charge is -2.38. The van der Waals surface area contributed by atoms with E-state index in [4.69, 9.17) is 0 Å². The molecule has 1 rings (SSSR count). The second kappa shape index (κ2) is 5.23. The number of benzene rings is 1. The molecule has 19 heavy (non-hydrogen) atoms. The van der Waals surface area contributed by atoms with Crippen LogP contribution in [-0.2, 0) is 6.18 Å². The molecule has 0 radical (unpaired) electrons. The number of aldehydes is 1. The number of carbonyl (C=O) groups excluding carboxylic acids is 1. The molecule has 0 heterocycles. The summed E-state index contributed by atoms with van der Waals surface area (Å²) in [6.45, 7) is 5.67. The second-order valence-corrected chi connectivity index (χ2v) is 5.12. The van der Waals surface area contributed by atoms with Gasteiger partial charge < -0.3 is 4.90 Å². The fraction of sp³-hybridized carbons (Fsp3) is 0.500. The maximum Gasteiger partial charge on any atom is 0.418 e. The normalized spacial score (nSPS) is 12.4. The van der Waals surface area contributed by atoms with Gasteiger partial charge >= 0.3 is 6.18 Å². The third-order valence-electron chi connectivity index (χ3n) is 3.60. The van der Waals surface area contributed by atoms with Crippen molar-refractivity contribution >= 4 is 12.0 Å². The van der Waals surface area contributed by atoms with Crippen molar-refractivity contribution in [1.82, 2.24) is 0 Å². The van der Waals surface area contributed by atoms with Gasteiger partial charge in [-0.15, -0.1) is 0 Å². The van der Waals surface area contributed by atoms with Gasteiger partial charge in [0.15, 0.2) is 0 Å². The lowest BCUT2D eigenvalue weighted by molar-refractivity contribution is -0.137. The second-order valence-electron chi connectivity index (χ2n) is 5.12. The van der Waals surface area contributed by atoms with Gasteiger partial charge in [-0.25, -0.2) is 0 Å². The SMILES string of the molecule is CCC(C)(C)N(C)c1ccc(C=O)cc1C(F)(F)F. The Balaban J connectivity index is 3.39. The predicted molar refractivity (Wildman–Crippen MR) is 69.6 cm³/mol. The monoisotopic (exact) mass is 273 g/mol. The molecule has 0 aromatic heterocycles. The number of rotatable bonds is 4. The summed E-state index contributed by atoms with van der Waals surface area (Å²) < 4.78 is 39.2. The number of anilines is 1. The lowest BCUT2D eigenvalue weighted by atomic mass is 9.97. The van der Waals surface area contributed by atoms with Crippen LogP contribution in [0.25, 0.3) is 0 Å². The smallest absolute Gasteiger partial charge is 0.369 e. The zero-order valence-electron chi connectivity index (χ0n) is 11.5. The van der Waals surface area contributed by atoms with Gasteiger partial charge in [0, 0.05) is 23.8 Å². The molecular weight excluding hydrogens is 255 g/mol. The first kappa shape index (κ1) is 15.5. The molecule has 0 aliphatic carbocycles. The fourth-order valence-corrected chi connectivity index (χ4v) is 1.71. The van der Waals surface area contributed by atoms with E-state index in [2.05, 4.69) is 0 Å². The Morgan fingerprint density at radius 2 is 1.84 bits per heavy atom. The summed E-state index contributed by atoms with van der Waals surface area (Å²) in [5.74, 6) is 0. The van der Waals surface area contributed by atoms with Crippen molar-refractivity contribution in [1.29, 1.82) is 0 Å². The first-order valence-corrected chi connectivity index (χ1v) is 6.03. The van der Waals surface area contributed by atoms with Crippen LogP contribution in [0.5, 0.6) is 0 Å². The molecule has 0 N–H and O–H groups in total. The average molecular weight is 273 g/mol. The number of alkyl halides is 3. The molecule has 5 heteroatoms. The minimum atomic E-state index is -4.48. The Labute approximate surface area is 111 Å². The van der Waals surface area contributed by atoms with Gasteiger partial charge in [0.25, 0.3) is 0 Å². The standard InChI is InChI=1S/C14H18F3NO/c1-5-13(2,3)18(4)12-7-6-10(9-19)8-11(12)14(15,16)17/h6-9H,5H2,1-4H3. The molecule has 0 unspecified atom stereocenters. The van der Waals surface area contributed by atoms with E-state index in [1.54, 1.807) is 11.9 Å². The molecule has 1 aromatic carbocycles. The summed E-state index contributed by atoms with van der Waals surface area (Å²) in [5, 5.41) is 0. The largest absolute Gasteiger partial charge is 0.418 e. The van der Waals surface area contributed by atoms with E-state index in [0.717, 1.165) is 6.07 Å². The van der Waals surface area contributed by atoms with Crippen molar-refractivity contribution in [3.63, 3.8) is 0 Å². The van der Waals surface area contributed by atoms with Crippen LogP contribution in [-0.4, -0.2) is 18.9 Å². The number of nitrogens with zero attached hydrogens (tertiary/aromatic N) is 1. The Morgan fingerprint density at radius 1 is 1.26 bits per heavy atom. The Morgan fingerprint density at radius 3 is 2.26 bits per heavy atom. The lowest BCUT2D eigenvalue weighted by Crippen LogP contribution is -2.41. The molecule has 0 saturated carbocycles. The minimum Gasteiger partial charge on any atom is -0.369 e. The van der Waals surface area contributed by atoms with Gasteiger partial charge in [0.1, 0.15) is 6.29 Å². The van der Waals surface area contributed by atoms with Crippen LogP contribution >= 0.6 is 0 Å². The fourth-order valence-electron chi connectivity index (χ4n) is 1.71. The summed E-state index contributed by atoms with van der Waals surface area (Å²) in [6.07, 6.45) is -3.35. The summed E-state index contributed by atoms with van der Waals surface area (Å²) >= 11 is 0. The molecule has 0 bridgehead atoms. The number of halogens is 3. The predicted octanol–water partition coefficient (Wildman–Crippen LogP) is 4.14. The summed E-state index contributed by atoms with van der Waals surface area (Å²) in [4.78, 5) is 12.2. The maximum absolute atomic E-state index is 13.1. The molecule has 0 fully saturated rings. The van der Waals surface area contributed by atoms with Crippen LogP contribution in [0.3, 0.4) is 0 Å². The van der Waals surface area contributed by atoms with E-state index in [-0.39, 0.29) is 11.3 Å². The van der Waals surface area contributed by atoms with Crippen LogP contribution in [0, 0.1) is 0 Å². The van der Waals surface area contributed by atoms with E-state index < -0.39 is 17.3 Å². The first-order chi connectivity index (χ1) is 8.63. The maximum atomic E-state index is 13.1. The Hall–Kier alpha value is -1.52. The highest BCUT2D eigenvalue weighted by Crippen LogP contribution is 2.39. The van der Waals surface area contributed by atoms with E-state index in [9.17, 15) is 18.0 Å². The van der Waals surface area contributed by atoms with Crippen molar-refractivity contribution in [3.8, 4) is 0 Å². The third-order valence-corrected chi connectivity index (χ3v) is 3.60. The van der Waals surface area contributed by atoms with Crippen molar-refractivity contribution in [3.05, 3.63) is 29.3 Å². The Kier molecular flexibility index (Phi) is 4.28. The highest BCUT2D eigenvalue weighted by molar-refractivity contribution is 5.77. The van der Waals surface area contributed by atoms with E-state index >= 15 is 0 Å². The minimum absolute atomic E-state index is 0.0266. The van der Waals surface area contributed by atoms with Crippen molar-refractivity contribution in [2.75, 3.05) is 11.9 Å². The van der Waals surface area contributed by atoms with E-state index in [1.807, 2.05) is 20.8 Å². The van der Waals surface area contributed by atoms with Crippen LogP contribution in [0.1, 0.15) is 43.1 Å².